The molecule has 26 heavy (non-hydrogen) atoms. The smallest absolute Gasteiger partial charge is 0.357 e. The number of likely N-dealkylation sites (N-methyl/N-ethyl adjacent to an activating group) is 1. The highest BCUT2D eigenvalue weighted by Crippen LogP contribution is 2.18. The van der Waals surface area contributed by atoms with Crippen LogP contribution in [0, 0.1) is 0 Å². The van der Waals surface area contributed by atoms with Gasteiger partial charge in [-0.25, -0.2) is 4.79 Å². The maximum absolute atomic E-state index is 12.5. The van der Waals surface area contributed by atoms with Gasteiger partial charge in [-0.05, 0) is 25.1 Å². The van der Waals surface area contributed by atoms with Crippen molar-refractivity contribution >= 4 is 17.6 Å². The van der Waals surface area contributed by atoms with Crippen LogP contribution in [0.15, 0.2) is 66.7 Å². The molecule has 132 valence electrons. The maximum Gasteiger partial charge on any atom is 0.357 e. The Balaban J connectivity index is 1.66. The van der Waals surface area contributed by atoms with Gasteiger partial charge in [-0.15, -0.1) is 0 Å². The van der Waals surface area contributed by atoms with Gasteiger partial charge in [0.05, 0.1) is 5.69 Å². The highest BCUT2D eigenvalue weighted by Gasteiger charge is 2.24. The second-order valence-corrected chi connectivity index (χ2v) is 5.81. The minimum Gasteiger partial charge on any atom is -0.448 e. The van der Waals surface area contributed by atoms with E-state index < -0.39 is 12.1 Å². The average molecular weight is 349 g/mol. The van der Waals surface area contributed by atoms with Crippen LogP contribution in [0.5, 0.6) is 0 Å². The number of anilines is 1. The number of nitrogens with one attached hydrogen (secondary N) is 1. The van der Waals surface area contributed by atoms with Gasteiger partial charge in [-0.3, -0.25) is 9.89 Å². The number of benzene rings is 2. The summed E-state index contributed by atoms with van der Waals surface area (Å²) in [6.45, 7) is 1.55. The zero-order valence-corrected chi connectivity index (χ0v) is 14.5. The lowest BCUT2D eigenvalue weighted by molar-refractivity contribution is -0.126. The molecule has 0 unspecified atom stereocenters. The maximum atomic E-state index is 12.5. The Labute approximate surface area is 151 Å². The van der Waals surface area contributed by atoms with Gasteiger partial charge in [-0.2, -0.15) is 5.10 Å². The van der Waals surface area contributed by atoms with Crippen LogP contribution in [-0.4, -0.2) is 35.2 Å². The van der Waals surface area contributed by atoms with E-state index in [1.165, 1.54) is 4.90 Å². The third kappa shape index (κ3) is 3.80. The fourth-order valence-electron chi connectivity index (χ4n) is 2.51. The van der Waals surface area contributed by atoms with Crippen LogP contribution in [0.25, 0.3) is 11.3 Å². The molecule has 0 aliphatic rings. The molecule has 0 aliphatic carbocycles. The molecule has 0 spiro atoms. The van der Waals surface area contributed by atoms with Gasteiger partial charge in [0.25, 0.3) is 5.91 Å². The molecule has 1 aromatic heterocycles. The molecule has 1 atom stereocenters. The Hall–Kier alpha value is -3.41. The summed E-state index contributed by atoms with van der Waals surface area (Å²) in [7, 11) is 1.64. The van der Waals surface area contributed by atoms with Crippen LogP contribution in [0.4, 0.5) is 5.69 Å². The second kappa shape index (κ2) is 7.65. The van der Waals surface area contributed by atoms with E-state index in [0.717, 1.165) is 11.3 Å². The summed E-state index contributed by atoms with van der Waals surface area (Å²) in [6.07, 6.45) is -0.920. The van der Waals surface area contributed by atoms with Crippen molar-refractivity contribution in [1.82, 2.24) is 10.2 Å². The first-order valence-electron chi connectivity index (χ1n) is 8.20. The molecule has 0 saturated carbocycles. The SMILES string of the molecule is C[C@H](OC(=O)c1cc(-c2ccccc2)n[nH]1)C(=O)N(C)c1ccccc1. The zero-order valence-electron chi connectivity index (χ0n) is 14.5. The molecule has 0 bridgehead atoms. The average Bonchev–Trinajstić information content (AvgIpc) is 3.18. The first kappa shape index (κ1) is 17.4. The standard InChI is InChI=1S/C20H19N3O3/c1-14(19(24)23(2)16-11-7-4-8-12-16)26-20(25)18-13-17(21-22-18)15-9-5-3-6-10-15/h3-14H,1-2H3,(H,21,22)/t14-/m0/s1. The highest BCUT2D eigenvalue weighted by molar-refractivity contribution is 5.98. The van der Waals surface area contributed by atoms with Crippen molar-refractivity contribution in [3.63, 3.8) is 0 Å². The van der Waals surface area contributed by atoms with Gasteiger partial charge in [0.2, 0.25) is 0 Å². The molecule has 6 heteroatoms. The Morgan fingerprint density at radius 3 is 2.31 bits per heavy atom. The predicted octanol–water partition coefficient (Wildman–Crippen LogP) is 3.29. The van der Waals surface area contributed by atoms with E-state index in [4.69, 9.17) is 4.74 Å². The van der Waals surface area contributed by atoms with Gasteiger partial charge in [0.1, 0.15) is 5.69 Å². The molecule has 0 aliphatic heterocycles. The van der Waals surface area contributed by atoms with Gasteiger partial charge < -0.3 is 9.64 Å². The number of aromatic nitrogens is 2. The highest BCUT2D eigenvalue weighted by atomic mass is 16.5. The summed E-state index contributed by atoms with van der Waals surface area (Å²) in [5.74, 6) is -0.936. The van der Waals surface area contributed by atoms with E-state index in [0.29, 0.717) is 5.69 Å². The Bertz CT molecular complexity index is 891. The summed E-state index contributed by atoms with van der Waals surface area (Å²) in [6, 6.07) is 20.3. The van der Waals surface area contributed by atoms with E-state index in [-0.39, 0.29) is 11.6 Å². The molecule has 6 nitrogen and oxygen atoms in total. The number of hydrogen-bond acceptors (Lipinski definition) is 4. The topological polar surface area (TPSA) is 75.3 Å². The lowest BCUT2D eigenvalue weighted by Crippen LogP contribution is -2.37. The van der Waals surface area contributed by atoms with Crippen molar-refractivity contribution in [3.8, 4) is 11.3 Å². The number of carbonyl (C=O) groups is 2. The lowest BCUT2D eigenvalue weighted by Gasteiger charge is -2.21. The second-order valence-electron chi connectivity index (χ2n) is 5.81. The van der Waals surface area contributed by atoms with Crippen molar-refractivity contribution in [2.75, 3.05) is 11.9 Å². The molecular weight excluding hydrogens is 330 g/mol. The monoisotopic (exact) mass is 349 g/mol. The number of nitrogens with zero attached hydrogens (tertiary/aromatic N) is 2. The first-order chi connectivity index (χ1) is 12.6. The summed E-state index contributed by atoms with van der Waals surface area (Å²) in [5.41, 5.74) is 2.45. The third-order valence-electron chi connectivity index (χ3n) is 3.97. The minimum atomic E-state index is -0.920. The van der Waals surface area contributed by atoms with Crippen LogP contribution < -0.4 is 4.90 Å². The van der Waals surface area contributed by atoms with Crippen LogP contribution in [-0.2, 0) is 9.53 Å². The van der Waals surface area contributed by atoms with Crippen LogP contribution >= 0.6 is 0 Å². The first-order valence-corrected chi connectivity index (χ1v) is 8.20. The molecular formula is C20H19N3O3. The van der Waals surface area contributed by atoms with Gasteiger partial charge in [-0.1, -0.05) is 48.5 Å². The van der Waals surface area contributed by atoms with Gasteiger partial charge in [0.15, 0.2) is 6.10 Å². The number of esters is 1. The van der Waals surface area contributed by atoms with Gasteiger partial charge >= 0.3 is 5.97 Å². The van der Waals surface area contributed by atoms with E-state index in [1.54, 1.807) is 20.0 Å². The normalized spacial score (nSPS) is 11.6. The van der Waals surface area contributed by atoms with Crippen molar-refractivity contribution in [3.05, 3.63) is 72.4 Å². The molecule has 1 heterocycles. The fraction of sp³-hybridized carbons (Fsp3) is 0.150. The summed E-state index contributed by atoms with van der Waals surface area (Å²) < 4.78 is 5.29. The van der Waals surface area contributed by atoms with E-state index >= 15 is 0 Å². The van der Waals surface area contributed by atoms with Crippen LogP contribution in [0.1, 0.15) is 17.4 Å². The minimum absolute atomic E-state index is 0.200. The molecule has 1 N–H and O–H groups in total. The van der Waals surface area contributed by atoms with Crippen molar-refractivity contribution in [2.45, 2.75) is 13.0 Å². The van der Waals surface area contributed by atoms with E-state index in [2.05, 4.69) is 10.2 Å². The lowest BCUT2D eigenvalue weighted by atomic mass is 10.1. The van der Waals surface area contributed by atoms with Crippen LogP contribution in [0.2, 0.25) is 0 Å². The van der Waals surface area contributed by atoms with E-state index in [9.17, 15) is 9.59 Å². The largest absolute Gasteiger partial charge is 0.448 e. The Morgan fingerprint density at radius 2 is 1.65 bits per heavy atom. The number of rotatable bonds is 5. The number of aromatic amines is 1. The predicted molar refractivity (Wildman–Crippen MR) is 98.8 cm³/mol. The van der Waals surface area contributed by atoms with Gasteiger partial charge in [0, 0.05) is 18.3 Å². The molecule has 1 amide bonds. The van der Waals surface area contributed by atoms with E-state index in [1.807, 2.05) is 60.7 Å². The summed E-state index contributed by atoms with van der Waals surface area (Å²) in [4.78, 5) is 26.2. The number of carbonyl (C=O) groups excluding carboxylic acids is 2. The Morgan fingerprint density at radius 1 is 1.04 bits per heavy atom. The van der Waals surface area contributed by atoms with Crippen molar-refractivity contribution < 1.29 is 14.3 Å². The molecule has 3 aromatic rings. The van der Waals surface area contributed by atoms with Crippen molar-refractivity contribution in [1.29, 1.82) is 0 Å². The number of hydrogen-bond donors (Lipinski definition) is 1. The number of ether oxygens (including phenoxy) is 1. The number of H-pyrrole nitrogens is 1. The molecule has 2 aromatic carbocycles. The quantitative estimate of drug-likeness (QED) is 0.717. The van der Waals surface area contributed by atoms with Crippen LogP contribution in [0.3, 0.4) is 0 Å². The molecule has 0 saturated heterocycles. The third-order valence-corrected chi connectivity index (χ3v) is 3.97. The Kier molecular flexibility index (Phi) is 5.12. The number of amides is 1. The molecule has 3 rings (SSSR count). The molecule has 0 radical (unpaired) electrons. The summed E-state index contributed by atoms with van der Waals surface area (Å²) in [5, 5.41) is 6.78. The fourth-order valence-corrected chi connectivity index (χ4v) is 2.51. The zero-order chi connectivity index (χ0) is 18.5. The van der Waals surface area contributed by atoms with Crippen molar-refractivity contribution in [2.24, 2.45) is 0 Å². The number of para-hydroxylation sites is 1. The summed E-state index contributed by atoms with van der Waals surface area (Å²) >= 11 is 0. The molecule has 0 fully saturated rings.